The number of aromatic nitrogens is 1. The van der Waals surface area contributed by atoms with Crippen LogP contribution in [-0.4, -0.2) is 45.9 Å². The van der Waals surface area contributed by atoms with Gasteiger partial charge in [0, 0.05) is 28.6 Å². The summed E-state index contributed by atoms with van der Waals surface area (Å²) in [4.78, 5) is 26.6. The van der Waals surface area contributed by atoms with Gasteiger partial charge in [0.25, 0.3) is 5.91 Å². The number of amides is 2. The van der Waals surface area contributed by atoms with E-state index in [9.17, 15) is 14.7 Å². The molecule has 1 aromatic carbocycles. The van der Waals surface area contributed by atoms with Crippen molar-refractivity contribution in [1.29, 1.82) is 0 Å². The lowest BCUT2D eigenvalue weighted by Crippen LogP contribution is -2.54. The van der Waals surface area contributed by atoms with E-state index in [4.69, 9.17) is 16.7 Å². The maximum atomic E-state index is 12.5. The monoisotopic (exact) mass is 365 g/mol. The highest BCUT2D eigenvalue weighted by Gasteiger charge is 2.32. The van der Waals surface area contributed by atoms with E-state index >= 15 is 0 Å². The number of aliphatic hydroxyl groups excluding tert-OH is 1. The second kappa shape index (κ2) is 7.33. The topological polar surface area (TPSA) is 114 Å². The number of rotatable bonds is 4. The van der Waals surface area contributed by atoms with Crippen molar-refractivity contribution in [3.05, 3.63) is 35.0 Å². The summed E-state index contributed by atoms with van der Waals surface area (Å²) < 4.78 is 0. The van der Waals surface area contributed by atoms with Gasteiger partial charge in [0.2, 0.25) is 0 Å². The number of carbonyl (C=O) groups excluding carboxylic acids is 1. The van der Waals surface area contributed by atoms with Crippen LogP contribution in [0.3, 0.4) is 0 Å². The number of fused-ring (bicyclic) bond motifs is 1. The van der Waals surface area contributed by atoms with Gasteiger partial charge in [-0.05, 0) is 49.4 Å². The molecule has 0 unspecified atom stereocenters. The molecular formula is C17H20ClN3O4. The van der Waals surface area contributed by atoms with Gasteiger partial charge in [0.15, 0.2) is 0 Å². The summed E-state index contributed by atoms with van der Waals surface area (Å²) in [6.07, 6.45) is 0.703. The molecule has 3 rings (SSSR count). The first-order valence-electron chi connectivity index (χ1n) is 8.15. The molecule has 8 heteroatoms. The fraction of sp³-hybridized carbons (Fsp3) is 0.412. The van der Waals surface area contributed by atoms with E-state index in [-0.39, 0.29) is 24.5 Å². The first-order chi connectivity index (χ1) is 12.0. The van der Waals surface area contributed by atoms with E-state index in [1.807, 2.05) is 0 Å². The Balaban J connectivity index is 1.74. The molecule has 5 N–H and O–H groups in total. The van der Waals surface area contributed by atoms with Crippen LogP contribution >= 0.6 is 11.6 Å². The first-order valence-corrected chi connectivity index (χ1v) is 8.53. The SMILES string of the molecule is O=C(O)N[C@@H]1C[C@@H](CO)CC[C@@H]1NC(=O)c1cc2cc(Cl)ccc2[nH]1. The van der Waals surface area contributed by atoms with E-state index in [2.05, 4.69) is 15.6 Å². The zero-order chi connectivity index (χ0) is 18.0. The second-order valence-electron chi connectivity index (χ2n) is 6.41. The maximum absolute atomic E-state index is 12.5. The smallest absolute Gasteiger partial charge is 0.404 e. The van der Waals surface area contributed by atoms with Crippen molar-refractivity contribution < 1.29 is 19.8 Å². The Labute approximate surface area is 149 Å². The minimum Gasteiger partial charge on any atom is -0.465 e. The van der Waals surface area contributed by atoms with E-state index in [0.29, 0.717) is 23.6 Å². The summed E-state index contributed by atoms with van der Waals surface area (Å²) in [5.74, 6) is -0.253. The highest BCUT2D eigenvalue weighted by Crippen LogP contribution is 2.25. The van der Waals surface area contributed by atoms with Gasteiger partial charge in [-0.1, -0.05) is 11.6 Å². The van der Waals surface area contributed by atoms with Crippen LogP contribution in [0.2, 0.25) is 5.02 Å². The van der Waals surface area contributed by atoms with E-state index in [1.54, 1.807) is 24.3 Å². The van der Waals surface area contributed by atoms with Gasteiger partial charge in [-0.15, -0.1) is 0 Å². The van der Waals surface area contributed by atoms with Crippen molar-refractivity contribution in [2.24, 2.45) is 5.92 Å². The van der Waals surface area contributed by atoms with Crippen LogP contribution in [-0.2, 0) is 0 Å². The van der Waals surface area contributed by atoms with Gasteiger partial charge >= 0.3 is 6.09 Å². The largest absolute Gasteiger partial charge is 0.465 e. The number of aromatic amines is 1. The number of aliphatic hydroxyl groups is 1. The Hall–Kier alpha value is -2.25. The van der Waals surface area contributed by atoms with Crippen molar-refractivity contribution >= 4 is 34.5 Å². The van der Waals surface area contributed by atoms with Crippen LogP contribution in [0, 0.1) is 5.92 Å². The lowest BCUT2D eigenvalue weighted by Gasteiger charge is -2.35. The highest BCUT2D eigenvalue weighted by molar-refractivity contribution is 6.31. The molecule has 2 amide bonds. The molecule has 1 heterocycles. The Bertz CT molecular complexity index is 791. The molecule has 1 fully saturated rings. The first kappa shape index (κ1) is 17.6. The molecule has 25 heavy (non-hydrogen) atoms. The highest BCUT2D eigenvalue weighted by atomic mass is 35.5. The number of carboxylic acid groups (broad SMARTS) is 1. The summed E-state index contributed by atoms with van der Waals surface area (Å²) in [6.45, 7) is 0.0151. The molecule has 1 aliphatic carbocycles. The molecule has 1 aliphatic rings. The van der Waals surface area contributed by atoms with Crippen LogP contribution < -0.4 is 10.6 Å². The third kappa shape index (κ3) is 4.05. The Morgan fingerprint density at radius 1 is 1.20 bits per heavy atom. The maximum Gasteiger partial charge on any atom is 0.404 e. The molecule has 0 bridgehead atoms. The van der Waals surface area contributed by atoms with Crippen LogP contribution in [0.15, 0.2) is 24.3 Å². The molecule has 134 valence electrons. The Morgan fingerprint density at radius 2 is 2.00 bits per heavy atom. The molecule has 0 saturated heterocycles. The van der Waals surface area contributed by atoms with Crippen LogP contribution in [0.5, 0.6) is 0 Å². The zero-order valence-electron chi connectivity index (χ0n) is 13.5. The van der Waals surface area contributed by atoms with Crippen molar-refractivity contribution in [3.63, 3.8) is 0 Å². The number of halogens is 1. The molecule has 0 spiro atoms. The van der Waals surface area contributed by atoms with Gasteiger partial charge < -0.3 is 25.8 Å². The van der Waals surface area contributed by atoms with Crippen molar-refractivity contribution in [2.75, 3.05) is 6.61 Å². The van der Waals surface area contributed by atoms with Gasteiger partial charge in [-0.2, -0.15) is 0 Å². The van der Waals surface area contributed by atoms with Gasteiger partial charge in [-0.25, -0.2) is 4.79 Å². The summed E-state index contributed by atoms with van der Waals surface area (Å²) in [7, 11) is 0. The molecule has 2 aromatic rings. The Kier molecular flexibility index (Phi) is 5.15. The summed E-state index contributed by atoms with van der Waals surface area (Å²) in [6, 6.07) is 6.29. The number of hydrogen-bond donors (Lipinski definition) is 5. The summed E-state index contributed by atoms with van der Waals surface area (Å²) >= 11 is 5.96. The number of hydrogen-bond acceptors (Lipinski definition) is 3. The molecule has 1 saturated carbocycles. The molecule has 0 radical (unpaired) electrons. The standard InChI is InChI=1S/C17H20ClN3O4/c18-11-2-4-12-10(6-11)7-15(19-12)16(23)20-13-3-1-9(8-22)5-14(13)21-17(24)25/h2,4,6-7,9,13-14,19,21-22H,1,3,5,8H2,(H,20,23)(H,24,25)/t9-,13-,14+/m0/s1. The number of benzene rings is 1. The van der Waals surface area contributed by atoms with Gasteiger partial charge in [0.1, 0.15) is 5.69 Å². The number of H-pyrrole nitrogens is 1. The third-order valence-corrected chi connectivity index (χ3v) is 4.90. The normalized spacial score (nSPS) is 23.4. The van der Waals surface area contributed by atoms with Gasteiger partial charge in [-0.3, -0.25) is 4.79 Å². The molecule has 7 nitrogen and oxygen atoms in total. The Morgan fingerprint density at radius 3 is 2.72 bits per heavy atom. The third-order valence-electron chi connectivity index (χ3n) is 4.67. The van der Waals surface area contributed by atoms with Gasteiger partial charge in [0.05, 0.1) is 6.04 Å². The van der Waals surface area contributed by atoms with Crippen LogP contribution in [0.4, 0.5) is 4.79 Å². The fourth-order valence-corrected chi connectivity index (χ4v) is 3.57. The average molecular weight is 366 g/mol. The lowest BCUT2D eigenvalue weighted by molar-refractivity contribution is 0.0878. The number of carbonyl (C=O) groups is 2. The van der Waals surface area contributed by atoms with E-state index < -0.39 is 12.1 Å². The second-order valence-corrected chi connectivity index (χ2v) is 6.85. The minimum absolute atomic E-state index is 0.0151. The minimum atomic E-state index is -1.14. The predicted octanol–water partition coefficient (Wildman–Crippen LogP) is 2.35. The van der Waals surface area contributed by atoms with Crippen LogP contribution in [0.1, 0.15) is 29.8 Å². The van der Waals surface area contributed by atoms with E-state index in [0.717, 1.165) is 17.3 Å². The zero-order valence-corrected chi connectivity index (χ0v) is 14.2. The predicted molar refractivity (Wildman–Crippen MR) is 93.9 cm³/mol. The number of nitrogens with one attached hydrogen (secondary N) is 3. The van der Waals surface area contributed by atoms with Crippen molar-refractivity contribution in [2.45, 2.75) is 31.3 Å². The van der Waals surface area contributed by atoms with Crippen molar-refractivity contribution in [1.82, 2.24) is 15.6 Å². The quantitative estimate of drug-likeness (QED) is 0.572. The van der Waals surface area contributed by atoms with Crippen molar-refractivity contribution in [3.8, 4) is 0 Å². The summed E-state index contributed by atoms with van der Waals surface area (Å²) in [5, 5.41) is 25.1. The molecule has 1 aromatic heterocycles. The fourth-order valence-electron chi connectivity index (χ4n) is 3.39. The average Bonchev–Trinajstić information content (AvgIpc) is 2.99. The van der Waals surface area contributed by atoms with E-state index in [1.165, 1.54) is 0 Å². The molecule has 3 atom stereocenters. The summed E-state index contributed by atoms with van der Waals surface area (Å²) in [5.41, 5.74) is 1.20. The van der Waals surface area contributed by atoms with Crippen LogP contribution in [0.25, 0.3) is 10.9 Å². The molecular weight excluding hydrogens is 346 g/mol. The lowest BCUT2D eigenvalue weighted by atomic mass is 9.82. The molecule has 0 aliphatic heterocycles.